The van der Waals surface area contributed by atoms with Crippen molar-refractivity contribution in [3.8, 4) is 0 Å². The fraction of sp³-hybridized carbons (Fsp3) is 0.885. The number of esters is 1. The first-order chi connectivity index (χ1) is 13.8. The minimum absolute atomic E-state index is 0.169. The van der Waals surface area contributed by atoms with Gasteiger partial charge >= 0.3 is 5.97 Å². The van der Waals surface area contributed by atoms with Crippen LogP contribution in [0.1, 0.15) is 142 Å². The summed E-state index contributed by atoms with van der Waals surface area (Å²) >= 11 is 0. The fourth-order valence-corrected chi connectivity index (χ4v) is 3.56. The molecule has 0 N–H and O–H groups in total. The molecule has 0 atom stereocenters. The minimum atomic E-state index is -0.169. The van der Waals surface area contributed by atoms with E-state index in [0.29, 0.717) is 6.61 Å². The Labute approximate surface area is 176 Å². The van der Waals surface area contributed by atoms with Crippen molar-refractivity contribution in [3.63, 3.8) is 0 Å². The molecule has 166 valence electrons. The Balaban J connectivity index is 3.17. The number of hydrogen-bond donors (Lipinski definition) is 0. The van der Waals surface area contributed by atoms with Gasteiger partial charge in [-0.25, -0.2) is 4.79 Å². The maximum Gasteiger partial charge on any atom is 0.330 e. The van der Waals surface area contributed by atoms with E-state index in [1.54, 1.807) is 6.08 Å². The molecule has 0 aromatic heterocycles. The fourth-order valence-electron chi connectivity index (χ4n) is 3.56. The Morgan fingerprint density at radius 3 is 1.43 bits per heavy atom. The molecule has 0 unspecified atom stereocenters. The molecular weight excluding hydrogens is 344 g/mol. The third kappa shape index (κ3) is 23.2. The molecule has 0 heterocycles. The van der Waals surface area contributed by atoms with Gasteiger partial charge in [-0.3, -0.25) is 0 Å². The molecule has 0 saturated heterocycles. The van der Waals surface area contributed by atoms with Crippen molar-refractivity contribution in [1.29, 1.82) is 0 Å². The van der Waals surface area contributed by atoms with E-state index >= 15 is 0 Å². The zero-order valence-electron chi connectivity index (χ0n) is 19.3. The maximum atomic E-state index is 11.5. The van der Waals surface area contributed by atoms with Crippen LogP contribution in [0, 0.1) is 0 Å². The van der Waals surface area contributed by atoms with E-state index in [1.165, 1.54) is 109 Å². The minimum Gasteiger partial charge on any atom is -0.463 e. The van der Waals surface area contributed by atoms with Gasteiger partial charge in [0.25, 0.3) is 0 Å². The number of rotatable bonds is 22. The topological polar surface area (TPSA) is 26.3 Å². The Kier molecular flexibility index (Phi) is 23.6. The summed E-state index contributed by atoms with van der Waals surface area (Å²) in [7, 11) is 0. The van der Waals surface area contributed by atoms with Crippen LogP contribution < -0.4 is 0 Å². The van der Waals surface area contributed by atoms with Crippen LogP contribution in [0.2, 0.25) is 0 Å². The molecule has 0 amide bonds. The monoisotopic (exact) mass is 394 g/mol. The van der Waals surface area contributed by atoms with Gasteiger partial charge in [0.2, 0.25) is 0 Å². The predicted molar refractivity (Wildman–Crippen MR) is 124 cm³/mol. The molecule has 0 aromatic carbocycles. The van der Waals surface area contributed by atoms with Gasteiger partial charge in [0.15, 0.2) is 0 Å². The van der Waals surface area contributed by atoms with Gasteiger partial charge in [-0.1, -0.05) is 129 Å². The van der Waals surface area contributed by atoms with Crippen LogP contribution in [0.25, 0.3) is 0 Å². The van der Waals surface area contributed by atoms with Crippen LogP contribution in [0.5, 0.6) is 0 Å². The molecule has 0 aromatic rings. The predicted octanol–water partition coefficient (Wildman–Crippen LogP) is 8.93. The van der Waals surface area contributed by atoms with E-state index in [4.69, 9.17) is 4.74 Å². The molecule has 2 heteroatoms. The SMILES string of the molecule is CCCCCCCCCCCCCCCCCC=CC(=O)OCCCCCC. The van der Waals surface area contributed by atoms with E-state index in [2.05, 4.69) is 13.8 Å². The summed E-state index contributed by atoms with van der Waals surface area (Å²) in [5.41, 5.74) is 0. The van der Waals surface area contributed by atoms with Crippen molar-refractivity contribution in [3.05, 3.63) is 12.2 Å². The van der Waals surface area contributed by atoms with Gasteiger partial charge in [-0.05, 0) is 19.3 Å². The van der Waals surface area contributed by atoms with Crippen molar-refractivity contribution in [2.45, 2.75) is 142 Å². The summed E-state index contributed by atoms with van der Waals surface area (Å²) in [6.45, 7) is 5.04. The number of hydrogen-bond acceptors (Lipinski definition) is 2. The lowest BCUT2D eigenvalue weighted by molar-refractivity contribution is -0.137. The molecule has 0 radical (unpaired) electrons. The first kappa shape index (κ1) is 27.2. The molecular formula is C26H50O2. The molecule has 0 aliphatic rings. The Hall–Kier alpha value is -0.790. The Morgan fingerprint density at radius 1 is 0.571 bits per heavy atom. The number of unbranched alkanes of at least 4 members (excludes halogenated alkanes) is 18. The largest absolute Gasteiger partial charge is 0.463 e. The third-order valence-corrected chi connectivity index (χ3v) is 5.47. The Morgan fingerprint density at radius 2 is 0.964 bits per heavy atom. The maximum absolute atomic E-state index is 11.5. The molecule has 0 fully saturated rings. The number of carbonyl (C=O) groups is 1. The standard InChI is InChI=1S/C26H50O2/c1-3-5-7-9-10-11-12-13-14-15-16-17-18-19-20-21-22-24-26(27)28-25-23-8-6-4-2/h22,24H,3-21,23,25H2,1-2H3. The average Bonchev–Trinajstić information content (AvgIpc) is 2.70. The number of carbonyl (C=O) groups excluding carboxylic acids is 1. The second-order valence-corrected chi connectivity index (χ2v) is 8.37. The number of ether oxygens (including phenoxy) is 1. The summed E-state index contributed by atoms with van der Waals surface area (Å²) in [5.74, 6) is -0.169. The van der Waals surface area contributed by atoms with Gasteiger partial charge < -0.3 is 4.74 Å². The van der Waals surface area contributed by atoms with E-state index < -0.39 is 0 Å². The molecule has 0 rings (SSSR count). The first-order valence-electron chi connectivity index (χ1n) is 12.6. The zero-order chi connectivity index (χ0) is 20.5. The van der Waals surface area contributed by atoms with Crippen LogP contribution in [-0.2, 0) is 9.53 Å². The van der Waals surface area contributed by atoms with Gasteiger partial charge in [0.1, 0.15) is 0 Å². The summed E-state index contributed by atoms with van der Waals surface area (Å²) in [6.07, 6.45) is 30.1. The molecule has 2 nitrogen and oxygen atoms in total. The van der Waals surface area contributed by atoms with E-state index in [0.717, 1.165) is 19.3 Å². The highest BCUT2D eigenvalue weighted by Gasteiger charge is 1.97. The van der Waals surface area contributed by atoms with Crippen molar-refractivity contribution in [2.24, 2.45) is 0 Å². The van der Waals surface area contributed by atoms with Crippen molar-refractivity contribution in [1.82, 2.24) is 0 Å². The molecule has 0 spiro atoms. The second kappa shape index (κ2) is 24.2. The summed E-state index contributed by atoms with van der Waals surface area (Å²) in [4.78, 5) is 11.5. The molecule has 28 heavy (non-hydrogen) atoms. The summed E-state index contributed by atoms with van der Waals surface area (Å²) in [5, 5.41) is 0. The van der Waals surface area contributed by atoms with Crippen LogP contribution in [0.4, 0.5) is 0 Å². The molecule has 0 aliphatic carbocycles. The Bertz CT molecular complexity index is 335. The summed E-state index contributed by atoms with van der Waals surface area (Å²) in [6, 6.07) is 0. The lowest BCUT2D eigenvalue weighted by Crippen LogP contribution is -2.02. The highest BCUT2D eigenvalue weighted by Crippen LogP contribution is 2.13. The van der Waals surface area contributed by atoms with Gasteiger partial charge in [-0.15, -0.1) is 0 Å². The normalized spacial score (nSPS) is 11.4. The lowest BCUT2D eigenvalue weighted by Gasteiger charge is -2.03. The average molecular weight is 395 g/mol. The first-order valence-corrected chi connectivity index (χ1v) is 12.6. The quantitative estimate of drug-likeness (QED) is 0.104. The van der Waals surface area contributed by atoms with E-state index in [9.17, 15) is 4.79 Å². The zero-order valence-corrected chi connectivity index (χ0v) is 19.3. The van der Waals surface area contributed by atoms with Gasteiger partial charge in [-0.2, -0.15) is 0 Å². The van der Waals surface area contributed by atoms with Crippen molar-refractivity contribution < 1.29 is 9.53 Å². The van der Waals surface area contributed by atoms with Gasteiger partial charge in [0.05, 0.1) is 6.61 Å². The highest BCUT2D eigenvalue weighted by atomic mass is 16.5. The van der Waals surface area contributed by atoms with E-state index in [1.807, 2.05) is 6.08 Å². The molecule has 0 saturated carbocycles. The van der Waals surface area contributed by atoms with Crippen LogP contribution in [-0.4, -0.2) is 12.6 Å². The molecule has 0 aliphatic heterocycles. The van der Waals surface area contributed by atoms with Crippen molar-refractivity contribution in [2.75, 3.05) is 6.61 Å². The second-order valence-electron chi connectivity index (χ2n) is 8.37. The van der Waals surface area contributed by atoms with Crippen LogP contribution in [0.15, 0.2) is 12.2 Å². The lowest BCUT2D eigenvalue weighted by atomic mass is 10.0. The third-order valence-electron chi connectivity index (χ3n) is 5.47. The van der Waals surface area contributed by atoms with Crippen LogP contribution >= 0.6 is 0 Å². The number of allylic oxidation sites excluding steroid dienone is 1. The smallest absolute Gasteiger partial charge is 0.330 e. The molecule has 0 bridgehead atoms. The summed E-state index contributed by atoms with van der Waals surface area (Å²) < 4.78 is 5.19. The van der Waals surface area contributed by atoms with Gasteiger partial charge in [0, 0.05) is 6.08 Å². The van der Waals surface area contributed by atoms with E-state index in [-0.39, 0.29) is 5.97 Å². The van der Waals surface area contributed by atoms with Crippen molar-refractivity contribution >= 4 is 5.97 Å². The van der Waals surface area contributed by atoms with Crippen LogP contribution in [0.3, 0.4) is 0 Å². The highest BCUT2D eigenvalue weighted by molar-refractivity contribution is 5.81.